The van der Waals surface area contributed by atoms with Gasteiger partial charge in [-0.2, -0.15) is 11.8 Å². The van der Waals surface area contributed by atoms with Crippen LogP contribution in [-0.2, 0) is 4.74 Å². The van der Waals surface area contributed by atoms with E-state index in [0.717, 1.165) is 32.5 Å². The fraction of sp³-hybridized carbons (Fsp3) is 0.929. The second-order valence-electron chi connectivity index (χ2n) is 6.25. The Kier molecular flexibility index (Phi) is 4.06. The maximum Gasteiger partial charge on any atom is 0.0937 e. The number of nitrogens with one attached hydrogen (secondary N) is 1. The molecule has 2 unspecified atom stereocenters. The van der Waals surface area contributed by atoms with Gasteiger partial charge in [-0.3, -0.25) is 5.41 Å². The minimum atomic E-state index is 0.186. The fourth-order valence-electron chi connectivity index (χ4n) is 3.75. The number of rotatable bonds is 2. The van der Waals surface area contributed by atoms with E-state index in [0.29, 0.717) is 17.8 Å². The van der Waals surface area contributed by atoms with E-state index in [1.807, 2.05) is 11.8 Å². The van der Waals surface area contributed by atoms with Crippen molar-refractivity contribution in [2.24, 2.45) is 11.7 Å². The van der Waals surface area contributed by atoms with Crippen molar-refractivity contribution in [1.29, 1.82) is 5.41 Å². The average Bonchev–Trinajstić information content (AvgIpc) is 2.87. The molecule has 0 aromatic carbocycles. The minimum absolute atomic E-state index is 0.186. The van der Waals surface area contributed by atoms with Gasteiger partial charge in [-0.05, 0) is 50.9 Å². The molecule has 1 spiro atoms. The first-order chi connectivity index (χ1) is 9.19. The fourth-order valence-corrected chi connectivity index (χ4v) is 5.13. The number of piperidine rings is 1. The number of hydrogen-bond donors (Lipinski definition) is 2. The molecule has 0 bridgehead atoms. The van der Waals surface area contributed by atoms with E-state index in [1.54, 1.807) is 0 Å². The Bertz CT molecular complexity index is 336. The van der Waals surface area contributed by atoms with Crippen molar-refractivity contribution in [3.8, 4) is 0 Å². The van der Waals surface area contributed by atoms with Gasteiger partial charge in [0.2, 0.25) is 0 Å². The van der Waals surface area contributed by atoms with E-state index in [-0.39, 0.29) is 5.60 Å². The molecule has 4 nitrogen and oxygen atoms in total. The van der Waals surface area contributed by atoms with Crippen LogP contribution in [0.4, 0.5) is 0 Å². The highest BCUT2D eigenvalue weighted by Crippen LogP contribution is 2.40. The average molecular weight is 283 g/mol. The van der Waals surface area contributed by atoms with Crippen LogP contribution in [0, 0.1) is 11.3 Å². The van der Waals surface area contributed by atoms with Gasteiger partial charge in [0.15, 0.2) is 0 Å². The molecule has 19 heavy (non-hydrogen) atoms. The van der Waals surface area contributed by atoms with Gasteiger partial charge < -0.3 is 15.4 Å². The first-order valence-electron chi connectivity index (χ1n) is 7.48. The zero-order chi connectivity index (χ0) is 13.3. The third-order valence-corrected chi connectivity index (χ3v) is 6.24. The topological polar surface area (TPSA) is 62.3 Å². The Balaban J connectivity index is 1.56. The predicted molar refractivity (Wildman–Crippen MR) is 79.9 cm³/mol. The summed E-state index contributed by atoms with van der Waals surface area (Å²) in [4.78, 5) is 2.63. The Morgan fingerprint density at radius 2 is 2.11 bits per heavy atom. The molecule has 3 fully saturated rings. The molecule has 3 N–H and O–H groups in total. The van der Waals surface area contributed by atoms with Crippen molar-refractivity contribution in [2.45, 2.75) is 43.7 Å². The van der Waals surface area contributed by atoms with Crippen LogP contribution in [0.15, 0.2) is 0 Å². The highest BCUT2D eigenvalue weighted by atomic mass is 32.2. The monoisotopic (exact) mass is 283 g/mol. The van der Waals surface area contributed by atoms with Gasteiger partial charge in [-0.25, -0.2) is 0 Å². The SMILES string of the molecule is N=C(N)C1CCN(C2CCOC3(CCSC3)C2)CC1. The lowest BCUT2D eigenvalue weighted by Gasteiger charge is -2.44. The highest BCUT2D eigenvalue weighted by molar-refractivity contribution is 7.99. The van der Waals surface area contributed by atoms with Gasteiger partial charge in [-0.1, -0.05) is 0 Å². The highest BCUT2D eigenvalue weighted by Gasteiger charge is 2.42. The molecule has 0 aromatic rings. The minimum Gasteiger partial charge on any atom is -0.387 e. The molecular weight excluding hydrogens is 258 g/mol. The first-order valence-corrected chi connectivity index (χ1v) is 8.64. The zero-order valence-electron chi connectivity index (χ0n) is 11.6. The largest absolute Gasteiger partial charge is 0.387 e. The summed E-state index contributed by atoms with van der Waals surface area (Å²) in [6.45, 7) is 3.15. The number of thioether (sulfide) groups is 1. The number of likely N-dealkylation sites (tertiary alicyclic amines) is 1. The molecule has 0 aliphatic carbocycles. The molecule has 3 aliphatic heterocycles. The molecule has 0 radical (unpaired) electrons. The molecule has 0 aromatic heterocycles. The molecule has 2 atom stereocenters. The van der Waals surface area contributed by atoms with Crippen molar-refractivity contribution in [3.05, 3.63) is 0 Å². The second kappa shape index (κ2) is 5.62. The van der Waals surface area contributed by atoms with E-state index in [4.69, 9.17) is 15.9 Å². The third kappa shape index (κ3) is 2.93. The second-order valence-corrected chi connectivity index (χ2v) is 7.35. The Morgan fingerprint density at radius 1 is 1.32 bits per heavy atom. The van der Waals surface area contributed by atoms with E-state index in [2.05, 4.69) is 4.90 Å². The van der Waals surface area contributed by atoms with Crippen LogP contribution < -0.4 is 5.73 Å². The Morgan fingerprint density at radius 3 is 2.74 bits per heavy atom. The lowest BCUT2D eigenvalue weighted by molar-refractivity contribution is -0.0921. The maximum absolute atomic E-state index is 7.57. The summed E-state index contributed by atoms with van der Waals surface area (Å²) in [5.74, 6) is 3.16. The van der Waals surface area contributed by atoms with Crippen LogP contribution in [-0.4, -0.2) is 53.6 Å². The van der Waals surface area contributed by atoms with Gasteiger partial charge in [0.05, 0.1) is 11.4 Å². The lowest BCUT2D eigenvalue weighted by atomic mass is 9.87. The van der Waals surface area contributed by atoms with Crippen molar-refractivity contribution in [1.82, 2.24) is 4.90 Å². The summed E-state index contributed by atoms with van der Waals surface area (Å²) < 4.78 is 6.11. The smallest absolute Gasteiger partial charge is 0.0937 e. The van der Waals surface area contributed by atoms with Crippen LogP contribution in [0.3, 0.4) is 0 Å². The first kappa shape index (κ1) is 13.7. The summed E-state index contributed by atoms with van der Waals surface area (Å²) in [5, 5.41) is 7.57. The number of nitrogens with zero attached hydrogens (tertiary/aromatic N) is 1. The van der Waals surface area contributed by atoms with Crippen LogP contribution in [0.5, 0.6) is 0 Å². The molecule has 0 saturated carbocycles. The van der Waals surface area contributed by atoms with Gasteiger partial charge >= 0.3 is 0 Å². The number of amidine groups is 1. The molecule has 108 valence electrons. The molecule has 3 aliphatic rings. The number of hydrogen-bond acceptors (Lipinski definition) is 4. The predicted octanol–water partition coefficient (Wildman–Crippen LogP) is 1.69. The molecule has 0 amide bonds. The Hall–Kier alpha value is -0.260. The summed E-state index contributed by atoms with van der Waals surface area (Å²) in [7, 11) is 0. The summed E-state index contributed by atoms with van der Waals surface area (Å²) >= 11 is 2.04. The van der Waals surface area contributed by atoms with E-state index in [9.17, 15) is 0 Å². The Labute approximate surface area is 119 Å². The number of ether oxygens (including phenoxy) is 1. The van der Waals surface area contributed by atoms with Crippen molar-refractivity contribution >= 4 is 17.6 Å². The van der Waals surface area contributed by atoms with Gasteiger partial charge in [-0.15, -0.1) is 0 Å². The van der Waals surface area contributed by atoms with Crippen molar-refractivity contribution in [3.63, 3.8) is 0 Å². The van der Waals surface area contributed by atoms with E-state index >= 15 is 0 Å². The van der Waals surface area contributed by atoms with Crippen molar-refractivity contribution in [2.75, 3.05) is 31.2 Å². The lowest BCUT2D eigenvalue weighted by Crippen LogP contribution is -2.51. The van der Waals surface area contributed by atoms with Crippen LogP contribution in [0.2, 0.25) is 0 Å². The molecule has 3 heterocycles. The van der Waals surface area contributed by atoms with Gasteiger partial charge in [0, 0.05) is 24.3 Å². The quantitative estimate of drug-likeness (QED) is 0.598. The molecule has 3 saturated heterocycles. The molecule has 3 rings (SSSR count). The zero-order valence-corrected chi connectivity index (χ0v) is 12.4. The summed E-state index contributed by atoms with van der Waals surface area (Å²) in [6.07, 6.45) is 5.75. The number of nitrogens with two attached hydrogens (primary N) is 1. The van der Waals surface area contributed by atoms with Gasteiger partial charge in [0.1, 0.15) is 0 Å². The van der Waals surface area contributed by atoms with Crippen LogP contribution in [0.1, 0.15) is 32.1 Å². The summed E-state index contributed by atoms with van der Waals surface area (Å²) in [5.41, 5.74) is 5.81. The molecular formula is C14H25N3OS. The maximum atomic E-state index is 7.57. The van der Waals surface area contributed by atoms with Gasteiger partial charge in [0.25, 0.3) is 0 Å². The van der Waals surface area contributed by atoms with Crippen LogP contribution in [0.25, 0.3) is 0 Å². The standard InChI is InChI=1S/C14H25N3OS/c15-13(16)11-1-5-17(6-2-11)12-3-7-18-14(9-12)4-8-19-10-14/h11-12H,1-10H2,(H3,15,16). The van der Waals surface area contributed by atoms with E-state index < -0.39 is 0 Å². The third-order valence-electron chi connectivity index (χ3n) is 5.02. The van der Waals surface area contributed by atoms with E-state index in [1.165, 1.54) is 30.8 Å². The van der Waals surface area contributed by atoms with Crippen molar-refractivity contribution < 1.29 is 4.74 Å². The summed E-state index contributed by atoms with van der Waals surface area (Å²) in [6, 6.07) is 0.695. The van der Waals surface area contributed by atoms with Crippen LogP contribution >= 0.6 is 11.8 Å². The normalized spacial score (nSPS) is 37.8. The molecule has 5 heteroatoms.